The number of rotatable bonds is 3. The van der Waals surface area contributed by atoms with Crippen LogP contribution >= 0.6 is 0 Å². The summed E-state index contributed by atoms with van der Waals surface area (Å²) in [6.07, 6.45) is 7.48. The Morgan fingerprint density at radius 3 is 3.05 bits per heavy atom. The summed E-state index contributed by atoms with van der Waals surface area (Å²) in [5.74, 6) is 0.0955. The molecule has 1 amide bonds. The molecule has 0 unspecified atom stereocenters. The number of aromatic nitrogens is 4. The molecule has 7 nitrogen and oxygen atoms in total. The van der Waals surface area contributed by atoms with Crippen LogP contribution in [0.1, 0.15) is 32.1 Å². The zero-order chi connectivity index (χ0) is 14.0. The standard InChI is InChI=1S/C13H21N5O2/c1-20-11-4-2-5-13(11)6-3-7-17(9-13)12(19)8-18-10-14-15-16-18/h10-11H,2-9H2,1H3/t11-,13-/m1/s1. The molecule has 0 aromatic carbocycles. The molecule has 3 rings (SSSR count). The third-order valence-corrected chi connectivity index (χ3v) is 4.76. The Bertz CT molecular complexity index is 463. The van der Waals surface area contributed by atoms with Crippen LogP contribution in [0.25, 0.3) is 0 Å². The molecule has 1 aliphatic carbocycles. The Morgan fingerprint density at radius 2 is 2.30 bits per heavy atom. The quantitative estimate of drug-likeness (QED) is 0.804. The van der Waals surface area contributed by atoms with E-state index < -0.39 is 0 Å². The third-order valence-electron chi connectivity index (χ3n) is 4.76. The molecular formula is C13H21N5O2. The minimum absolute atomic E-state index is 0.0955. The minimum Gasteiger partial charge on any atom is -0.381 e. The monoisotopic (exact) mass is 279 g/mol. The predicted octanol–water partition coefficient (Wildman–Crippen LogP) is 0.481. The van der Waals surface area contributed by atoms with Crippen molar-refractivity contribution in [2.45, 2.75) is 44.8 Å². The Labute approximate surface area is 118 Å². The fourth-order valence-corrected chi connectivity index (χ4v) is 3.81. The average molecular weight is 279 g/mol. The Kier molecular flexibility index (Phi) is 3.69. The maximum atomic E-state index is 12.4. The van der Waals surface area contributed by atoms with E-state index in [-0.39, 0.29) is 17.9 Å². The van der Waals surface area contributed by atoms with E-state index in [4.69, 9.17) is 4.74 Å². The number of hydrogen-bond donors (Lipinski definition) is 0. The number of likely N-dealkylation sites (tertiary alicyclic amines) is 1. The molecule has 0 bridgehead atoms. The van der Waals surface area contributed by atoms with Crippen LogP contribution in [0.2, 0.25) is 0 Å². The fraction of sp³-hybridized carbons (Fsp3) is 0.846. The van der Waals surface area contributed by atoms with E-state index in [0.717, 1.165) is 25.9 Å². The predicted molar refractivity (Wildman–Crippen MR) is 70.7 cm³/mol. The summed E-state index contributed by atoms with van der Waals surface area (Å²) in [6.45, 7) is 1.87. The highest BCUT2D eigenvalue weighted by Gasteiger charge is 2.46. The van der Waals surface area contributed by atoms with Gasteiger partial charge in [-0.1, -0.05) is 6.42 Å². The number of ether oxygens (including phenoxy) is 1. The summed E-state index contributed by atoms with van der Waals surface area (Å²) in [7, 11) is 1.79. The second-order valence-corrected chi connectivity index (χ2v) is 5.91. The van der Waals surface area contributed by atoms with Crippen molar-refractivity contribution in [2.75, 3.05) is 20.2 Å². The van der Waals surface area contributed by atoms with E-state index in [9.17, 15) is 4.79 Å². The molecule has 1 saturated heterocycles. The number of methoxy groups -OCH3 is 1. The Balaban J connectivity index is 1.67. The number of hydrogen-bond acceptors (Lipinski definition) is 5. The second kappa shape index (κ2) is 5.47. The summed E-state index contributed by atoms with van der Waals surface area (Å²) >= 11 is 0. The normalized spacial score (nSPS) is 30.1. The van der Waals surface area contributed by atoms with Gasteiger partial charge in [-0.3, -0.25) is 4.79 Å². The van der Waals surface area contributed by atoms with Crippen molar-refractivity contribution in [3.05, 3.63) is 6.33 Å². The van der Waals surface area contributed by atoms with Gasteiger partial charge in [0.05, 0.1) is 6.10 Å². The van der Waals surface area contributed by atoms with Crippen LogP contribution in [0.5, 0.6) is 0 Å². The van der Waals surface area contributed by atoms with Gasteiger partial charge in [-0.05, 0) is 36.1 Å². The minimum atomic E-state index is 0.0955. The van der Waals surface area contributed by atoms with Crippen molar-refractivity contribution in [3.8, 4) is 0 Å². The molecule has 1 saturated carbocycles. The summed E-state index contributed by atoms with van der Waals surface area (Å²) in [5.41, 5.74) is 0.170. The molecule has 110 valence electrons. The molecular weight excluding hydrogens is 258 g/mol. The lowest BCUT2D eigenvalue weighted by atomic mass is 9.76. The second-order valence-electron chi connectivity index (χ2n) is 5.91. The van der Waals surface area contributed by atoms with Gasteiger partial charge in [-0.25, -0.2) is 4.68 Å². The first-order valence-electron chi connectivity index (χ1n) is 7.25. The van der Waals surface area contributed by atoms with Gasteiger partial charge in [-0.2, -0.15) is 0 Å². The zero-order valence-corrected chi connectivity index (χ0v) is 11.9. The Hall–Kier alpha value is -1.50. The SMILES string of the molecule is CO[C@@H]1CCC[C@]12CCCN(C(=O)Cn1cnnn1)C2. The lowest BCUT2D eigenvalue weighted by Gasteiger charge is -2.43. The van der Waals surface area contributed by atoms with Crippen LogP contribution in [-0.2, 0) is 16.1 Å². The van der Waals surface area contributed by atoms with Gasteiger partial charge >= 0.3 is 0 Å². The highest BCUT2D eigenvalue weighted by molar-refractivity contribution is 5.76. The molecule has 1 aromatic heterocycles. The third kappa shape index (κ3) is 2.42. The van der Waals surface area contributed by atoms with E-state index in [0.29, 0.717) is 6.10 Å². The smallest absolute Gasteiger partial charge is 0.244 e. The lowest BCUT2D eigenvalue weighted by molar-refractivity contribution is -0.138. The van der Waals surface area contributed by atoms with Crippen LogP contribution in [-0.4, -0.2) is 57.3 Å². The Morgan fingerprint density at radius 1 is 1.45 bits per heavy atom. The van der Waals surface area contributed by atoms with Crippen LogP contribution in [0.15, 0.2) is 6.33 Å². The maximum absolute atomic E-state index is 12.4. The van der Waals surface area contributed by atoms with Gasteiger partial charge in [0.2, 0.25) is 5.91 Å². The number of amides is 1. The largest absolute Gasteiger partial charge is 0.381 e. The van der Waals surface area contributed by atoms with Crippen LogP contribution in [0.3, 0.4) is 0 Å². The van der Waals surface area contributed by atoms with E-state index in [1.165, 1.54) is 30.3 Å². The van der Waals surface area contributed by atoms with Crippen molar-refractivity contribution in [1.29, 1.82) is 0 Å². The summed E-state index contributed by atoms with van der Waals surface area (Å²) in [6, 6.07) is 0. The van der Waals surface area contributed by atoms with Gasteiger partial charge in [0.1, 0.15) is 12.9 Å². The van der Waals surface area contributed by atoms with Crippen LogP contribution < -0.4 is 0 Å². The van der Waals surface area contributed by atoms with Crippen LogP contribution in [0, 0.1) is 5.41 Å². The van der Waals surface area contributed by atoms with E-state index in [1.807, 2.05) is 4.90 Å². The number of tetrazole rings is 1. The summed E-state index contributed by atoms with van der Waals surface area (Å²) < 4.78 is 7.14. The van der Waals surface area contributed by atoms with Crippen molar-refractivity contribution in [3.63, 3.8) is 0 Å². The molecule has 0 radical (unpaired) electrons. The van der Waals surface area contributed by atoms with E-state index >= 15 is 0 Å². The van der Waals surface area contributed by atoms with E-state index in [1.54, 1.807) is 7.11 Å². The van der Waals surface area contributed by atoms with Crippen molar-refractivity contribution in [2.24, 2.45) is 5.41 Å². The van der Waals surface area contributed by atoms with Gasteiger partial charge in [0, 0.05) is 25.6 Å². The fourth-order valence-electron chi connectivity index (χ4n) is 3.81. The lowest BCUT2D eigenvalue weighted by Crippen LogP contribution is -2.50. The van der Waals surface area contributed by atoms with Crippen LogP contribution in [0.4, 0.5) is 0 Å². The number of piperidine rings is 1. The summed E-state index contributed by atoms with van der Waals surface area (Å²) in [4.78, 5) is 14.3. The first-order chi connectivity index (χ1) is 9.73. The molecule has 2 heterocycles. The molecule has 0 N–H and O–H groups in total. The van der Waals surface area contributed by atoms with Crippen molar-refractivity contribution in [1.82, 2.24) is 25.1 Å². The zero-order valence-electron chi connectivity index (χ0n) is 11.9. The van der Waals surface area contributed by atoms with E-state index in [2.05, 4.69) is 15.5 Å². The molecule has 20 heavy (non-hydrogen) atoms. The highest BCUT2D eigenvalue weighted by Crippen LogP contribution is 2.46. The molecule has 2 fully saturated rings. The van der Waals surface area contributed by atoms with Gasteiger partial charge in [0.15, 0.2) is 0 Å². The highest BCUT2D eigenvalue weighted by atomic mass is 16.5. The summed E-state index contributed by atoms with van der Waals surface area (Å²) in [5, 5.41) is 10.9. The topological polar surface area (TPSA) is 73.1 Å². The first kappa shape index (κ1) is 13.5. The van der Waals surface area contributed by atoms with Gasteiger partial charge in [-0.15, -0.1) is 5.10 Å². The number of nitrogens with zero attached hydrogens (tertiary/aromatic N) is 5. The molecule has 2 atom stereocenters. The van der Waals surface area contributed by atoms with Gasteiger partial charge in [0.25, 0.3) is 0 Å². The molecule has 1 spiro atoms. The average Bonchev–Trinajstić information content (AvgIpc) is 3.09. The van der Waals surface area contributed by atoms with Crippen molar-refractivity contribution >= 4 is 5.91 Å². The van der Waals surface area contributed by atoms with Crippen molar-refractivity contribution < 1.29 is 9.53 Å². The number of carbonyl (C=O) groups excluding carboxylic acids is 1. The van der Waals surface area contributed by atoms with Gasteiger partial charge < -0.3 is 9.64 Å². The molecule has 1 aliphatic heterocycles. The maximum Gasteiger partial charge on any atom is 0.244 e. The molecule has 1 aromatic rings. The number of carbonyl (C=O) groups is 1. The molecule has 7 heteroatoms. The molecule has 2 aliphatic rings. The first-order valence-corrected chi connectivity index (χ1v) is 7.25.